The molecule has 0 bridgehead atoms. The molecule has 2 aromatic rings. The van der Waals surface area contributed by atoms with E-state index < -0.39 is 12.0 Å². The molecule has 2 aromatic carbocycles. The van der Waals surface area contributed by atoms with Crippen LogP contribution >= 0.6 is 0 Å². The van der Waals surface area contributed by atoms with Crippen molar-refractivity contribution in [2.24, 2.45) is 4.99 Å². The molecule has 0 radical (unpaired) electrons. The monoisotopic (exact) mass is 338 g/mol. The highest BCUT2D eigenvalue weighted by molar-refractivity contribution is 6.03. The van der Waals surface area contributed by atoms with E-state index in [1.165, 1.54) is 7.11 Å². The average Bonchev–Trinajstić information content (AvgIpc) is 3.16. The molecule has 3 rings (SSSR count). The molecular weight excluding hydrogens is 320 g/mol. The first-order valence-electron chi connectivity index (χ1n) is 7.81. The zero-order valence-electron chi connectivity index (χ0n) is 13.7. The van der Waals surface area contributed by atoms with Gasteiger partial charge in [0.1, 0.15) is 5.84 Å². The summed E-state index contributed by atoms with van der Waals surface area (Å²) in [5, 5.41) is 8.66. The molecule has 1 aliphatic rings. The maximum Gasteiger partial charge on any atom is 0.337 e. The lowest BCUT2D eigenvalue weighted by Crippen LogP contribution is -2.21. The SMILES string of the molecule is COC(=O)c1cccc(NC(=O)Nc2cccc(C3=NCCN3)c2)c1. The Morgan fingerprint density at radius 1 is 1.08 bits per heavy atom. The van der Waals surface area contributed by atoms with Crippen molar-refractivity contribution < 1.29 is 14.3 Å². The zero-order chi connectivity index (χ0) is 17.6. The van der Waals surface area contributed by atoms with Crippen LogP contribution < -0.4 is 16.0 Å². The Bertz CT molecular complexity index is 833. The molecule has 3 N–H and O–H groups in total. The van der Waals surface area contributed by atoms with Gasteiger partial charge >= 0.3 is 12.0 Å². The van der Waals surface area contributed by atoms with E-state index in [-0.39, 0.29) is 0 Å². The third-order valence-electron chi connectivity index (χ3n) is 3.61. The summed E-state index contributed by atoms with van der Waals surface area (Å²) in [6.45, 7) is 1.58. The normalized spacial score (nSPS) is 12.8. The number of amides is 2. The number of amidine groups is 1. The number of hydrogen-bond acceptors (Lipinski definition) is 5. The van der Waals surface area contributed by atoms with E-state index in [1.807, 2.05) is 18.2 Å². The van der Waals surface area contributed by atoms with E-state index in [2.05, 4.69) is 25.7 Å². The summed E-state index contributed by atoms with van der Waals surface area (Å²) in [4.78, 5) is 28.1. The molecule has 128 valence electrons. The van der Waals surface area contributed by atoms with Gasteiger partial charge in [-0.1, -0.05) is 18.2 Å². The summed E-state index contributed by atoms with van der Waals surface area (Å²) in [6.07, 6.45) is 0. The molecular formula is C18H18N4O3. The second-order valence-corrected chi connectivity index (χ2v) is 5.39. The second kappa shape index (κ2) is 7.48. The number of ether oxygens (including phenoxy) is 1. The van der Waals surface area contributed by atoms with Gasteiger partial charge in [-0.3, -0.25) is 4.99 Å². The van der Waals surface area contributed by atoms with Crippen LogP contribution in [0.25, 0.3) is 0 Å². The molecule has 0 saturated carbocycles. The number of methoxy groups -OCH3 is 1. The Kier molecular flexibility index (Phi) is 4.94. The highest BCUT2D eigenvalue weighted by atomic mass is 16.5. The van der Waals surface area contributed by atoms with Gasteiger partial charge in [-0.15, -0.1) is 0 Å². The molecule has 0 atom stereocenters. The first kappa shape index (κ1) is 16.5. The van der Waals surface area contributed by atoms with Gasteiger partial charge < -0.3 is 20.7 Å². The van der Waals surface area contributed by atoms with Gasteiger partial charge in [-0.2, -0.15) is 0 Å². The Morgan fingerprint density at radius 3 is 2.48 bits per heavy atom. The van der Waals surface area contributed by atoms with Gasteiger partial charge in [0.05, 0.1) is 19.2 Å². The highest BCUT2D eigenvalue weighted by Crippen LogP contribution is 2.15. The van der Waals surface area contributed by atoms with E-state index in [0.29, 0.717) is 16.9 Å². The number of nitrogens with one attached hydrogen (secondary N) is 3. The van der Waals surface area contributed by atoms with Crippen LogP contribution in [0.5, 0.6) is 0 Å². The van der Waals surface area contributed by atoms with Crippen LogP contribution in [0.1, 0.15) is 15.9 Å². The lowest BCUT2D eigenvalue weighted by molar-refractivity contribution is 0.0600. The van der Waals surface area contributed by atoms with Gasteiger partial charge in [0, 0.05) is 23.5 Å². The fourth-order valence-electron chi connectivity index (χ4n) is 2.47. The number of carbonyl (C=O) groups excluding carboxylic acids is 2. The predicted octanol–water partition coefficient (Wildman–Crippen LogP) is 2.47. The minimum absolute atomic E-state index is 0.368. The number of esters is 1. The van der Waals surface area contributed by atoms with Crippen molar-refractivity contribution in [2.45, 2.75) is 0 Å². The standard InChI is InChI=1S/C18H18N4O3/c1-25-17(23)13-5-3-7-15(11-13)22-18(24)21-14-6-2-4-12(10-14)16-19-8-9-20-16/h2-7,10-11H,8-9H2,1H3,(H,19,20)(H2,21,22,24). The number of rotatable bonds is 4. The fourth-order valence-corrected chi connectivity index (χ4v) is 2.47. The van der Waals surface area contributed by atoms with Crippen LogP contribution in [0.4, 0.5) is 16.2 Å². The van der Waals surface area contributed by atoms with E-state index in [1.54, 1.807) is 30.3 Å². The van der Waals surface area contributed by atoms with Gasteiger partial charge in [0.25, 0.3) is 0 Å². The van der Waals surface area contributed by atoms with Crippen molar-refractivity contribution in [3.05, 3.63) is 59.7 Å². The third-order valence-corrected chi connectivity index (χ3v) is 3.61. The van der Waals surface area contributed by atoms with Crippen LogP contribution in [0.3, 0.4) is 0 Å². The molecule has 25 heavy (non-hydrogen) atoms. The smallest absolute Gasteiger partial charge is 0.337 e. The lowest BCUT2D eigenvalue weighted by Gasteiger charge is -2.10. The maximum atomic E-state index is 12.2. The molecule has 0 fully saturated rings. The highest BCUT2D eigenvalue weighted by Gasteiger charge is 2.10. The molecule has 7 nitrogen and oxygen atoms in total. The number of urea groups is 1. The fraction of sp³-hybridized carbons (Fsp3) is 0.167. The Labute approximate surface area is 145 Å². The molecule has 0 unspecified atom stereocenters. The second-order valence-electron chi connectivity index (χ2n) is 5.39. The zero-order valence-corrected chi connectivity index (χ0v) is 13.7. The number of aliphatic imine (C=N–C) groups is 1. The minimum atomic E-state index is -0.457. The molecule has 1 aliphatic heterocycles. The van der Waals surface area contributed by atoms with Crippen LogP contribution in [0, 0.1) is 0 Å². The number of benzene rings is 2. The quantitative estimate of drug-likeness (QED) is 0.747. The number of carbonyl (C=O) groups is 2. The van der Waals surface area contributed by atoms with Crippen molar-refractivity contribution in [3.63, 3.8) is 0 Å². The topological polar surface area (TPSA) is 91.8 Å². The Hall–Kier alpha value is -3.35. The Morgan fingerprint density at radius 2 is 1.80 bits per heavy atom. The van der Waals surface area contributed by atoms with Crippen molar-refractivity contribution in [1.82, 2.24) is 5.32 Å². The molecule has 1 heterocycles. The number of hydrogen-bond donors (Lipinski definition) is 3. The molecule has 2 amide bonds. The molecule has 0 aliphatic carbocycles. The van der Waals surface area contributed by atoms with Gasteiger partial charge in [0.15, 0.2) is 0 Å². The summed E-state index contributed by atoms with van der Waals surface area (Å²) in [6, 6.07) is 13.6. The van der Waals surface area contributed by atoms with Crippen molar-refractivity contribution in [2.75, 3.05) is 30.8 Å². The summed E-state index contributed by atoms with van der Waals surface area (Å²) < 4.78 is 4.67. The van der Waals surface area contributed by atoms with E-state index in [4.69, 9.17) is 0 Å². The largest absolute Gasteiger partial charge is 0.465 e. The minimum Gasteiger partial charge on any atom is -0.465 e. The molecule has 7 heteroatoms. The van der Waals surface area contributed by atoms with Crippen molar-refractivity contribution in [1.29, 1.82) is 0 Å². The summed E-state index contributed by atoms with van der Waals surface area (Å²) in [5.41, 5.74) is 2.43. The van der Waals surface area contributed by atoms with Gasteiger partial charge in [-0.25, -0.2) is 9.59 Å². The Balaban J connectivity index is 1.67. The van der Waals surface area contributed by atoms with Crippen molar-refractivity contribution >= 4 is 29.2 Å². The maximum absolute atomic E-state index is 12.2. The van der Waals surface area contributed by atoms with Gasteiger partial charge in [-0.05, 0) is 30.3 Å². The number of anilines is 2. The summed E-state index contributed by atoms with van der Waals surface area (Å²) in [5.74, 6) is 0.372. The van der Waals surface area contributed by atoms with Crippen molar-refractivity contribution in [3.8, 4) is 0 Å². The van der Waals surface area contributed by atoms with Gasteiger partial charge in [0.2, 0.25) is 0 Å². The van der Waals surface area contributed by atoms with E-state index >= 15 is 0 Å². The van der Waals surface area contributed by atoms with Crippen LogP contribution in [0.15, 0.2) is 53.5 Å². The molecule has 0 spiro atoms. The summed E-state index contributed by atoms with van der Waals surface area (Å²) >= 11 is 0. The number of nitrogens with zero attached hydrogens (tertiary/aromatic N) is 1. The third kappa shape index (κ3) is 4.14. The first-order chi connectivity index (χ1) is 12.2. The summed E-state index contributed by atoms with van der Waals surface area (Å²) in [7, 11) is 1.31. The molecule has 0 aromatic heterocycles. The van der Waals surface area contributed by atoms with Crippen LogP contribution in [0.2, 0.25) is 0 Å². The lowest BCUT2D eigenvalue weighted by atomic mass is 10.2. The van der Waals surface area contributed by atoms with Crippen LogP contribution in [-0.2, 0) is 4.74 Å². The average molecular weight is 338 g/mol. The molecule has 0 saturated heterocycles. The van der Waals surface area contributed by atoms with E-state index in [9.17, 15) is 9.59 Å². The van der Waals surface area contributed by atoms with Crippen LogP contribution in [-0.4, -0.2) is 38.0 Å². The first-order valence-corrected chi connectivity index (χ1v) is 7.81. The van der Waals surface area contributed by atoms with E-state index in [0.717, 1.165) is 24.5 Å². The predicted molar refractivity (Wildman–Crippen MR) is 96.3 cm³/mol.